The maximum atomic E-state index is 11.0. The molecule has 0 fully saturated rings. The van der Waals surface area contributed by atoms with Crippen molar-refractivity contribution < 1.29 is 4.92 Å². The van der Waals surface area contributed by atoms with E-state index in [2.05, 4.69) is 12.2 Å². The van der Waals surface area contributed by atoms with E-state index in [0.717, 1.165) is 17.1 Å². The van der Waals surface area contributed by atoms with Gasteiger partial charge in [0.05, 0.1) is 9.82 Å². The van der Waals surface area contributed by atoms with Gasteiger partial charge >= 0.3 is 5.69 Å². The van der Waals surface area contributed by atoms with Gasteiger partial charge in [-0.25, -0.2) is 0 Å². The number of nitrogens with one attached hydrogen (secondary N) is 1. The number of unbranched alkanes of at least 4 members (excludes halogenated alkanes) is 2. The Labute approximate surface area is 106 Å². The SMILES string of the molecule is CCCCCSc1cccc(NC)c1[N+](=O)[O-]. The largest absolute Gasteiger partial charge is 0.383 e. The van der Waals surface area contributed by atoms with Crippen LogP contribution in [0.15, 0.2) is 23.1 Å². The van der Waals surface area contributed by atoms with Gasteiger partial charge < -0.3 is 5.32 Å². The van der Waals surface area contributed by atoms with Crippen molar-refractivity contribution in [1.29, 1.82) is 0 Å². The minimum Gasteiger partial charge on any atom is -0.383 e. The monoisotopic (exact) mass is 254 g/mol. The number of hydrogen-bond donors (Lipinski definition) is 1. The number of hydrogen-bond acceptors (Lipinski definition) is 4. The van der Waals surface area contributed by atoms with E-state index in [1.54, 1.807) is 24.9 Å². The van der Waals surface area contributed by atoms with Crippen molar-refractivity contribution in [2.45, 2.75) is 31.1 Å². The second kappa shape index (κ2) is 7.17. The molecule has 1 N–H and O–H groups in total. The van der Waals surface area contributed by atoms with Gasteiger partial charge in [0.1, 0.15) is 5.69 Å². The highest BCUT2D eigenvalue weighted by molar-refractivity contribution is 7.99. The standard InChI is InChI=1S/C12H18N2O2S/c1-3-4-5-9-17-11-8-6-7-10(13-2)12(11)14(15)16/h6-8,13H,3-5,9H2,1-2H3. The van der Waals surface area contributed by atoms with Crippen molar-refractivity contribution in [3.63, 3.8) is 0 Å². The van der Waals surface area contributed by atoms with E-state index >= 15 is 0 Å². The predicted molar refractivity (Wildman–Crippen MR) is 72.9 cm³/mol. The van der Waals surface area contributed by atoms with Gasteiger partial charge in [0.15, 0.2) is 0 Å². The second-order valence-electron chi connectivity index (χ2n) is 3.71. The first-order valence-electron chi connectivity index (χ1n) is 5.78. The summed E-state index contributed by atoms with van der Waals surface area (Å²) in [6, 6.07) is 5.39. The molecule has 0 atom stereocenters. The summed E-state index contributed by atoms with van der Waals surface area (Å²) in [5, 5.41) is 13.9. The van der Waals surface area contributed by atoms with Crippen molar-refractivity contribution in [3.05, 3.63) is 28.3 Å². The third-order valence-electron chi connectivity index (χ3n) is 2.46. The van der Waals surface area contributed by atoms with Crippen LogP contribution in [0.1, 0.15) is 26.2 Å². The zero-order valence-electron chi connectivity index (χ0n) is 10.2. The molecule has 0 aliphatic rings. The highest BCUT2D eigenvalue weighted by Crippen LogP contribution is 2.35. The summed E-state index contributed by atoms with van der Waals surface area (Å²) >= 11 is 1.56. The number of rotatable bonds is 7. The van der Waals surface area contributed by atoms with Crippen molar-refractivity contribution in [3.8, 4) is 0 Å². The number of nitro benzene ring substituents is 1. The molecule has 0 saturated carbocycles. The molecule has 1 aromatic rings. The molecule has 1 rings (SSSR count). The summed E-state index contributed by atoms with van der Waals surface area (Å²) in [5.74, 6) is 0.932. The lowest BCUT2D eigenvalue weighted by Gasteiger charge is -2.06. The summed E-state index contributed by atoms with van der Waals surface area (Å²) in [6.07, 6.45) is 3.44. The zero-order valence-corrected chi connectivity index (χ0v) is 11.0. The summed E-state index contributed by atoms with van der Waals surface area (Å²) in [6.45, 7) is 2.15. The zero-order chi connectivity index (χ0) is 12.7. The molecule has 0 spiro atoms. The van der Waals surface area contributed by atoms with E-state index in [9.17, 15) is 10.1 Å². The van der Waals surface area contributed by atoms with Crippen LogP contribution < -0.4 is 5.32 Å². The summed E-state index contributed by atoms with van der Waals surface area (Å²) in [4.78, 5) is 11.5. The van der Waals surface area contributed by atoms with Crippen LogP contribution in [-0.4, -0.2) is 17.7 Å². The Balaban J connectivity index is 2.79. The molecule has 5 heteroatoms. The number of nitro groups is 1. The average molecular weight is 254 g/mol. The first-order chi connectivity index (χ1) is 8.20. The van der Waals surface area contributed by atoms with Gasteiger partial charge in [-0.2, -0.15) is 0 Å². The van der Waals surface area contributed by atoms with Crippen LogP contribution >= 0.6 is 11.8 Å². The molecule has 1 aromatic carbocycles. The lowest BCUT2D eigenvalue weighted by atomic mass is 10.2. The minimum atomic E-state index is -0.312. The Kier molecular flexibility index (Phi) is 5.83. The lowest BCUT2D eigenvalue weighted by Crippen LogP contribution is -1.98. The Bertz CT molecular complexity index is 383. The van der Waals surface area contributed by atoms with Crippen LogP contribution in [0, 0.1) is 10.1 Å². The van der Waals surface area contributed by atoms with Crippen LogP contribution in [0.2, 0.25) is 0 Å². The smallest absolute Gasteiger partial charge is 0.305 e. The first kappa shape index (κ1) is 13.8. The predicted octanol–water partition coefficient (Wildman–Crippen LogP) is 3.92. The molecule has 0 aliphatic heterocycles. The Hall–Kier alpha value is -1.23. The molecule has 4 nitrogen and oxygen atoms in total. The second-order valence-corrected chi connectivity index (χ2v) is 4.85. The van der Waals surface area contributed by atoms with Crippen LogP contribution in [0.25, 0.3) is 0 Å². The summed E-state index contributed by atoms with van der Waals surface area (Å²) in [7, 11) is 1.70. The van der Waals surface area contributed by atoms with Crippen molar-refractivity contribution in [2.75, 3.05) is 18.1 Å². The van der Waals surface area contributed by atoms with E-state index in [0.29, 0.717) is 5.69 Å². The number of thioether (sulfide) groups is 1. The molecular weight excluding hydrogens is 236 g/mol. The molecule has 0 aliphatic carbocycles. The van der Waals surface area contributed by atoms with Gasteiger partial charge in [0.25, 0.3) is 0 Å². The highest BCUT2D eigenvalue weighted by Gasteiger charge is 2.18. The molecule has 0 aromatic heterocycles. The summed E-state index contributed by atoms with van der Waals surface area (Å²) < 4.78 is 0. The Morgan fingerprint density at radius 1 is 1.41 bits per heavy atom. The fourth-order valence-electron chi connectivity index (χ4n) is 1.56. The molecule has 0 amide bonds. The lowest BCUT2D eigenvalue weighted by molar-refractivity contribution is -0.386. The van der Waals surface area contributed by atoms with Gasteiger partial charge in [-0.3, -0.25) is 10.1 Å². The van der Waals surface area contributed by atoms with Gasteiger partial charge in [-0.15, -0.1) is 11.8 Å². The van der Waals surface area contributed by atoms with Crippen molar-refractivity contribution >= 4 is 23.1 Å². The van der Waals surface area contributed by atoms with Gasteiger partial charge in [0, 0.05) is 7.05 Å². The fraction of sp³-hybridized carbons (Fsp3) is 0.500. The molecular formula is C12H18N2O2S. The third kappa shape index (κ3) is 3.93. The fourth-order valence-corrected chi connectivity index (χ4v) is 2.63. The van der Waals surface area contributed by atoms with Crippen LogP contribution in [0.3, 0.4) is 0 Å². The summed E-state index contributed by atoms with van der Waals surface area (Å²) in [5.41, 5.74) is 0.770. The third-order valence-corrected chi connectivity index (χ3v) is 3.59. The number of anilines is 1. The Morgan fingerprint density at radius 2 is 2.18 bits per heavy atom. The number of nitrogens with zero attached hydrogens (tertiary/aromatic N) is 1. The topological polar surface area (TPSA) is 55.2 Å². The van der Waals surface area contributed by atoms with Gasteiger partial charge in [-0.1, -0.05) is 25.8 Å². The van der Waals surface area contributed by atoms with Crippen molar-refractivity contribution in [1.82, 2.24) is 0 Å². The number of benzene rings is 1. The van der Waals surface area contributed by atoms with Crippen LogP contribution in [0.4, 0.5) is 11.4 Å². The molecule has 0 radical (unpaired) electrons. The molecule has 0 saturated heterocycles. The highest BCUT2D eigenvalue weighted by atomic mass is 32.2. The van der Waals surface area contributed by atoms with Crippen LogP contribution in [-0.2, 0) is 0 Å². The molecule has 0 heterocycles. The quantitative estimate of drug-likeness (QED) is 0.347. The maximum absolute atomic E-state index is 11.0. The molecule has 0 bridgehead atoms. The van der Waals surface area contributed by atoms with E-state index in [-0.39, 0.29) is 10.6 Å². The van der Waals surface area contributed by atoms with Crippen LogP contribution in [0.5, 0.6) is 0 Å². The molecule has 17 heavy (non-hydrogen) atoms. The van der Waals surface area contributed by atoms with E-state index < -0.39 is 0 Å². The van der Waals surface area contributed by atoms with E-state index in [4.69, 9.17) is 0 Å². The maximum Gasteiger partial charge on any atom is 0.305 e. The van der Waals surface area contributed by atoms with Crippen molar-refractivity contribution in [2.24, 2.45) is 0 Å². The van der Waals surface area contributed by atoms with E-state index in [1.165, 1.54) is 12.8 Å². The van der Waals surface area contributed by atoms with E-state index in [1.807, 2.05) is 12.1 Å². The van der Waals surface area contributed by atoms with Gasteiger partial charge in [0.2, 0.25) is 0 Å². The minimum absolute atomic E-state index is 0.191. The Morgan fingerprint density at radius 3 is 2.76 bits per heavy atom. The van der Waals surface area contributed by atoms with Gasteiger partial charge in [-0.05, 0) is 24.3 Å². The normalized spacial score (nSPS) is 10.2. The average Bonchev–Trinajstić information content (AvgIpc) is 2.33. The molecule has 0 unspecified atom stereocenters. The number of para-hydroxylation sites is 1. The molecule has 94 valence electrons. The first-order valence-corrected chi connectivity index (χ1v) is 6.77.